The molecule has 0 spiro atoms. The second-order valence-corrected chi connectivity index (χ2v) is 1.48. The molecule has 0 aliphatic carbocycles. The van der Waals surface area contributed by atoms with Crippen LogP contribution in [0.2, 0.25) is 0 Å². The van der Waals surface area contributed by atoms with E-state index < -0.39 is 0 Å². The predicted octanol–water partition coefficient (Wildman–Crippen LogP) is 0.487. The fourth-order valence-electron chi connectivity index (χ4n) is 0.352. The second kappa shape index (κ2) is 6.92. The minimum absolute atomic E-state index is 0.199. The molecule has 0 aromatic heterocycles. The summed E-state index contributed by atoms with van der Waals surface area (Å²) in [5.74, 6) is 0. The lowest BCUT2D eigenvalue weighted by Crippen LogP contribution is -1.97. The van der Waals surface area contributed by atoms with Crippen LogP contribution in [0.3, 0.4) is 0 Å². The fourth-order valence-corrected chi connectivity index (χ4v) is 0.352. The SMILES string of the molecule is [CH]CCOCCCO. The van der Waals surface area contributed by atoms with Gasteiger partial charge >= 0.3 is 0 Å². The fraction of sp³-hybridized carbons (Fsp3) is 0.833. The van der Waals surface area contributed by atoms with Gasteiger partial charge in [0.2, 0.25) is 0 Å². The highest BCUT2D eigenvalue weighted by Crippen LogP contribution is 1.82. The molecule has 0 saturated heterocycles. The van der Waals surface area contributed by atoms with Crippen LogP contribution in [0.1, 0.15) is 12.8 Å². The molecule has 2 radical (unpaired) electrons. The minimum atomic E-state index is 0.199. The van der Waals surface area contributed by atoms with E-state index >= 15 is 0 Å². The van der Waals surface area contributed by atoms with Gasteiger partial charge in [0.1, 0.15) is 0 Å². The Morgan fingerprint density at radius 3 is 2.62 bits per heavy atom. The molecule has 8 heavy (non-hydrogen) atoms. The molecule has 0 atom stereocenters. The van der Waals surface area contributed by atoms with Crippen molar-refractivity contribution in [3.05, 3.63) is 6.92 Å². The Labute approximate surface area is 50.5 Å². The van der Waals surface area contributed by atoms with E-state index in [4.69, 9.17) is 16.8 Å². The second-order valence-electron chi connectivity index (χ2n) is 1.48. The van der Waals surface area contributed by atoms with Crippen molar-refractivity contribution in [3.8, 4) is 0 Å². The third-order valence-electron chi connectivity index (χ3n) is 0.709. The molecule has 2 heteroatoms. The number of aliphatic hydroxyl groups excluding tert-OH is 1. The van der Waals surface area contributed by atoms with E-state index in [1.54, 1.807) is 0 Å². The van der Waals surface area contributed by atoms with E-state index in [1.165, 1.54) is 0 Å². The molecule has 0 aliphatic rings. The number of rotatable bonds is 5. The first-order chi connectivity index (χ1) is 3.91. The Balaban J connectivity index is 2.53. The monoisotopic (exact) mass is 116 g/mol. The van der Waals surface area contributed by atoms with Crippen LogP contribution in [0.5, 0.6) is 0 Å². The molecule has 1 N–H and O–H groups in total. The zero-order valence-electron chi connectivity index (χ0n) is 4.97. The maximum atomic E-state index is 8.25. The van der Waals surface area contributed by atoms with E-state index in [-0.39, 0.29) is 6.61 Å². The van der Waals surface area contributed by atoms with Gasteiger partial charge in [0.25, 0.3) is 0 Å². The summed E-state index contributed by atoms with van der Waals surface area (Å²) in [5, 5.41) is 8.25. The Morgan fingerprint density at radius 2 is 2.12 bits per heavy atom. The van der Waals surface area contributed by atoms with Crippen LogP contribution in [-0.4, -0.2) is 24.9 Å². The molecule has 0 aliphatic heterocycles. The largest absolute Gasteiger partial charge is 0.396 e. The molecule has 2 nitrogen and oxygen atoms in total. The van der Waals surface area contributed by atoms with Crippen molar-refractivity contribution in [1.29, 1.82) is 0 Å². The van der Waals surface area contributed by atoms with Crippen molar-refractivity contribution < 1.29 is 9.84 Å². The Morgan fingerprint density at radius 1 is 1.38 bits per heavy atom. The summed E-state index contributed by atoms with van der Waals surface area (Å²) >= 11 is 0. The summed E-state index contributed by atoms with van der Waals surface area (Å²) < 4.78 is 4.94. The average molecular weight is 116 g/mol. The Bertz CT molecular complexity index is 31.5. The van der Waals surface area contributed by atoms with Gasteiger partial charge in [0.15, 0.2) is 0 Å². The van der Waals surface area contributed by atoms with Gasteiger partial charge in [0, 0.05) is 19.8 Å². The first-order valence-corrected chi connectivity index (χ1v) is 2.80. The zero-order valence-corrected chi connectivity index (χ0v) is 4.97. The topological polar surface area (TPSA) is 29.5 Å². The lowest BCUT2D eigenvalue weighted by molar-refractivity contribution is 0.119. The lowest BCUT2D eigenvalue weighted by atomic mass is 10.5. The van der Waals surface area contributed by atoms with E-state index in [9.17, 15) is 0 Å². The van der Waals surface area contributed by atoms with Crippen LogP contribution in [0.15, 0.2) is 0 Å². The van der Waals surface area contributed by atoms with Gasteiger partial charge < -0.3 is 9.84 Å². The van der Waals surface area contributed by atoms with Crippen molar-refractivity contribution in [2.75, 3.05) is 19.8 Å². The van der Waals surface area contributed by atoms with Crippen LogP contribution in [0, 0.1) is 6.92 Å². The molecule has 0 bridgehead atoms. The van der Waals surface area contributed by atoms with Crippen molar-refractivity contribution in [2.24, 2.45) is 0 Å². The van der Waals surface area contributed by atoms with E-state index in [0.717, 1.165) is 0 Å². The van der Waals surface area contributed by atoms with E-state index in [1.807, 2.05) is 0 Å². The minimum Gasteiger partial charge on any atom is -0.396 e. The Kier molecular flexibility index (Phi) is 6.85. The zero-order chi connectivity index (χ0) is 6.24. The molecule has 0 fully saturated rings. The third-order valence-corrected chi connectivity index (χ3v) is 0.709. The van der Waals surface area contributed by atoms with Gasteiger partial charge in [-0.15, -0.1) is 0 Å². The number of aliphatic hydroxyl groups is 1. The van der Waals surface area contributed by atoms with Gasteiger partial charge in [-0.3, -0.25) is 0 Å². The molecular formula is C6H12O2. The molecule has 0 unspecified atom stereocenters. The van der Waals surface area contributed by atoms with Gasteiger partial charge in [-0.25, -0.2) is 0 Å². The van der Waals surface area contributed by atoms with Crippen molar-refractivity contribution in [3.63, 3.8) is 0 Å². The molecule has 0 rings (SSSR count). The van der Waals surface area contributed by atoms with Gasteiger partial charge in [-0.2, -0.15) is 0 Å². The normalized spacial score (nSPS) is 9.75. The summed E-state index contributed by atoms with van der Waals surface area (Å²) in [5.41, 5.74) is 0. The van der Waals surface area contributed by atoms with E-state index in [2.05, 4.69) is 0 Å². The predicted molar refractivity (Wildman–Crippen MR) is 31.4 cm³/mol. The van der Waals surface area contributed by atoms with Crippen LogP contribution in [0.4, 0.5) is 0 Å². The van der Waals surface area contributed by atoms with Gasteiger partial charge in [-0.05, 0) is 19.8 Å². The average Bonchev–Trinajstić information content (AvgIpc) is 1.81. The molecule has 0 aromatic rings. The number of ether oxygens (including phenoxy) is 1. The summed E-state index contributed by atoms with van der Waals surface area (Å²) in [6, 6.07) is 0. The number of hydrogen-bond donors (Lipinski definition) is 1. The standard InChI is InChI=1S/C6H12O2/c1-2-5-8-6-3-4-7/h1,7H,2-6H2. The van der Waals surface area contributed by atoms with Gasteiger partial charge in [-0.1, -0.05) is 0 Å². The van der Waals surface area contributed by atoms with Crippen molar-refractivity contribution in [2.45, 2.75) is 12.8 Å². The van der Waals surface area contributed by atoms with Crippen molar-refractivity contribution >= 4 is 0 Å². The highest BCUT2D eigenvalue weighted by molar-refractivity contribution is 4.36. The molecule has 48 valence electrons. The first kappa shape index (κ1) is 7.92. The third kappa shape index (κ3) is 5.92. The quantitative estimate of drug-likeness (QED) is 0.529. The van der Waals surface area contributed by atoms with Crippen LogP contribution in [-0.2, 0) is 4.74 Å². The van der Waals surface area contributed by atoms with Gasteiger partial charge in [0.05, 0.1) is 0 Å². The van der Waals surface area contributed by atoms with E-state index in [0.29, 0.717) is 26.1 Å². The lowest BCUT2D eigenvalue weighted by Gasteiger charge is -1.97. The first-order valence-electron chi connectivity index (χ1n) is 2.80. The molecule has 0 heterocycles. The van der Waals surface area contributed by atoms with Crippen LogP contribution < -0.4 is 0 Å². The molecule has 0 aromatic carbocycles. The summed E-state index contributed by atoms with van der Waals surface area (Å²) in [4.78, 5) is 0. The summed E-state index contributed by atoms with van der Waals surface area (Å²) in [6.07, 6.45) is 1.27. The summed E-state index contributed by atoms with van der Waals surface area (Å²) in [6.45, 7) is 6.54. The summed E-state index contributed by atoms with van der Waals surface area (Å²) in [7, 11) is 0. The highest BCUT2D eigenvalue weighted by Gasteiger charge is 1.82. The molecule has 0 amide bonds. The smallest absolute Gasteiger partial charge is 0.0487 e. The van der Waals surface area contributed by atoms with Crippen LogP contribution >= 0.6 is 0 Å². The van der Waals surface area contributed by atoms with Crippen LogP contribution in [0.25, 0.3) is 0 Å². The molecule has 0 saturated carbocycles. The maximum Gasteiger partial charge on any atom is 0.0487 e. The number of hydrogen-bond acceptors (Lipinski definition) is 2. The Hall–Kier alpha value is -0.0800. The molecular weight excluding hydrogens is 104 g/mol. The maximum absolute atomic E-state index is 8.25. The van der Waals surface area contributed by atoms with Crippen molar-refractivity contribution in [1.82, 2.24) is 0 Å². The highest BCUT2D eigenvalue weighted by atomic mass is 16.5.